The second-order valence-corrected chi connectivity index (χ2v) is 11.6. The Morgan fingerprint density at radius 1 is 1.26 bits per heavy atom. The number of likely N-dealkylation sites (N-methyl/N-ethyl adjacent to an activating group) is 1. The summed E-state index contributed by atoms with van der Waals surface area (Å²) in [6, 6.07) is 0. The summed E-state index contributed by atoms with van der Waals surface area (Å²) in [5.74, 6) is 0.663. The van der Waals surface area contributed by atoms with Gasteiger partial charge < -0.3 is 15.0 Å². The Morgan fingerprint density at radius 2 is 1.97 bits per heavy atom. The molecule has 1 aliphatic carbocycles. The van der Waals surface area contributed by atoms with E-state index in [9.17, 15) is 4.79 Å². The van der Waals surface area contributed by atoms with Gasteiger partial charge >= 0.3 is 0 Å². The summed E-state index contributed by atoms with van der Waals surface area (Å²) in [5.41, 5.74) is 1.22. The first-order valence-corrected chi connectivity index (χ1v) is 13.7. The van der Waals surface area contributed by atoms with Gasteiger partial charge in [0.15, 0.2) is 0 Å². The molecule has 35 heavy (non-hydrogen) atoms. The van der Waals surface area contributed by atoms with E-state index in [0.29, 0.717) is 19.2 Å². The predicted octanol–water partition coefficient (Wildman–Crippen LogP) is 4.86. The van der Waals surface area contributed by atoms with Crippen LogP contribution in [0.5, 0.6) is 0 Å². The molecule has 1 aliphatic heterocycles. The van der Waals surface area contributed by atoms with Crippen molar-refractivity contribution in [3.8, 4) is 0 Å². The summed E-state index contributed by atoms with van der Waals surface area (Å²) < 4.78 is 6.41. The van der Waals surface area contributed by atoms with Crippen LogP contribution in [-0.2, 0) is 9.53 Å². The summed E-state index contributed by atoms with van der Waals surface area (Å²) in [6.07, 6.45) is 15.1. The van der Waals surface area contributed by atoms with Crippen LogP contribution in [0.15, 0.2) is 36.0 Å². The quantitative estimate of drug-likeness (QED) is 0.228. The Labute approximate surface area is 215 Å². The maximum atomic E-state index is 12.7. The molecule has 2 unspecified atom stereocenters. The fourth-order valence-corrected chi connectivity index (χ4v) is 4.91. The monoisotopic (exact) mass is 488 g/mol. The van der Waals surface area contributed by atoms with Crippen molar-refractivity contribution >= 4 is 5.91 Å². The van der Waals surface area contributed by atoms with Crippen LogP contribution in [0.4, 0.5) is 0 Å². The van der Waals surface area contributed by atoms with Gasteiger partial charge in [-0.1, -0.05) is 78.7 Å². The highest BCUT2D eigenvalue weighted by Gasteiger charge is 2.30. The summed E-state index contributed by atoms with van der Waals surface area (Å²) in [6.45, 7) is 19.6. The summed E-state index contributed by atoms with van der Waals surface area (Å²) >= 11 is 0. The molecular formula is C29H52N4O2. The molecule has 200 valence electrons. The number of allylic oxidation sites excluding steroid dienone is 2. The normalized spacial score (nSPS) is 21.9. The number of ether oxygens (including phenoxy) is 1. The van der Waals surface area contributed by atoms with E-state index in [-0.39, 0.29) is 23.3 Å². The van der Waals surface area contributed by atoms with Gasteiger partial charge in [-0.2, -0.15) is 0 Å². The Hall–Kier alpha value is -1.47. The SMILES string of the molecule is CCCCCN(CNC(=O)/C=C/C(C)C(OCC1=C[C@@H](C)CC=C1)C(C)(C)C)N1CCN(C)CC1. The van der Waals surface area contributed by atoms with Crippen molar-refractivity contribution in [1.82, 2.24) is 20.2 Å². The number of hydrogen-bond acceptors (Lipinski definition) is 5. The van der Waals surface area contributed by atoms with Gasteiger partial charge in [0.2, 0.25) is 5.91 Å². The van der Waals surface area contributed by atoms with Crippen LogP contribution >= 0.6 is 0 Å². The number of rotatable bonds is 13. The molecule has 2 rings (SSSR count). The van der Waals surface area contributed by atoms with E-state index in [1.807, 2.05) is 6.08 Å². The number of nitrogens with one attached hydrogen (secondary N) is 1. The van der Waals surface area contributed by atoms with Crippen LogP contribution in [-0.4, -0.2) is 80.0 Å². The average molecular weight is 489 g/mol. The fraction of sp³-hybridized carbons (Fsp3) is 0.759. The Morgan fingerprint density at radius 3 is 2.60 bits per heavy atom. The number of piperazine rings is 1. The van der Waals surface area contributed by atoms with Gasteiger partial charge in [-0.15, -0.1) is 0 Å². The highest BCUT2D eigenvalue weighted by Crippen LogP contribution is 2.30. The summed E-state index contributed by atoms with van der Waals surface area (Å²) in [5, 5.41) is 7.85. The lowest BCUT2D eigenvalue weighted by Gasteiger charge is -2.40. The number of carbonyl (C=O) groups is 1. The molecule has 2 aliphatic rings. The smallest absolute Gasteiger partial charge is 0.244 e. The largest absolute Gasteiger partial charge is 0.372 e. The van der Waals surface area contributed by atoms with E-state index < -0.39 is 0 Å². The van der Waals surface area contributed by atoms with Crippen LogP contribution in [0.1, 0.15) is 67.2 Å². The summed E-state index contributed by atoms with van der Waals surface area (Å²) in [4.78, 5) is 15.1. The number of hydrogen-bond donors (Lipinski definition) is 1. The van der Waals surface area contributed by atoms with Crippen LogP contribution < -0.4 is 5.32 Å². The number of carbonyl (C=O) groups excluding carboxylic acids is 1. The van der Waals surface area contributed by atoms with E-state index >= 15 is 0 Å². The lowest BCUT2D eigenvalue weighted by Crippen LogP contribution is -2.55. The first kappa shape index (κ1) is 29.8. The molecule has 1 N–H and O–H groups in total. The molecule has 0 aromatic rings. The van der Waals surface area contributed by atoms with Crippen LogP contribution in [0.3, 0.4) is 0 Å². The van der Waals surface area contributed by atoms with Crippen LogP contribution in [0.25, 0.3) is 0 Å². The minimum atomic E-state index is -0.0362. The van der Waals surface area contributed by atoms with E-state index in [1.165, 1.54) is 18.4 Å². The number of unbranched alkanes of at least 4 members (excludes halogenated alkanes) is 2. The minimum Gasteiger partial charge on any atom is -0.372 e. The van der Waals surface area contributed by atoms with Gasteiger partial charge in [-0.05, 0) is 42.9 Å². The maximum Gasteiger partial charge on any atom is 0.244 e. The molecule has 0 bridgehead atoms. The molecule has 1 heterocycles. The molecule has 6 heteroatoms. The van der Waals surface area contributed by atoms with E-state index in [4.69, 9.17) is 4.74 Å². The zero-order valence-electron chi connectivity index (χ0n) is 23.6. The third kappa shape index (κ3) is 11.0. The third-order valence-corrected chi connectivity index (χ3v) is 6.99. The zero-order chi connectivity index (χ0) is 25.8. The van der Waals surface area contributed by atoms with E-state index in [1.54, 1.807) is 6.08 Å². The van der Waals surface area contributed by atoms with Gasteiger partial charge in [-0.3, -0.25) is 4.79 Å². The van der Waals surface area contributed by atoms with Crippen molar-refractivity contribution in [3.05, 3.63) is 36.0 Å². The molecule has 0 aromatic heterocycles. The van der Waals surface area contributed by atoms with Gasteiger partial charge in [0.05, 0.1) is 19.4 Å². The number of amides is 1. The lowest BCUT2D eigenvalue weighted by atomic mass is 9.81. The highest BCUT2D eigenvalue weighted by molar-refractivity contribution is 5.87. The van der Waals surface area contributed by atoms with Crippen molar-refractivity contribution in [1.29, 1.82) is 0 Å². The predicted molar refractivity (Wildman–Crippen MR) is 147 cm³/mol. The Bertz CT molecular complexity index is 717. The highest BCUT2D eigenvalue weighted by atomic mass is 16.5. The lowest BCUT2D eigenvalue weighted by molar-refractivity contribution is -0.120. The standard InChI is InChI=1S/C29H52N4O2/c1-8-9-10-16-33(32-19-17-31(7)18-20-32)23-30-27(34)15-14-25(3)28(29(4,5)6)35-22-26-13-11-12-24(2)21-26/h11,13-15,21,24-25,28H,8-10,12,16-20,22-23H2,1-7H3,(H,30,34)/b15-14+/t24-,25?,28?/m0/s1. The molecule has 0 aromatic carbocycles. The number of hydrazine groups is 1. The molecule has 1 fully saturated rings. The second kappa shape index (κ2) is 14.9. The molecule has 0 saturated carbocycles. The van der Waals surface area contributed by atoms with Crippen molar-refractivity contribution in [2.75, 3.05) is 53.0 Å². The van der Waals surface area contributed by atoms with Crippen molar-refractivity contribution in [2.24, 2.45) is 17.3 Å². The maximum absolute atomic E-state index is 12.7. The fourth-order valence-electron chi connectivity index (χ4n) is 4.91. The number of nitrogens with zero attached hydrogens (tertiary/aromatic N) is 3. The minimum absolute atomic E-state index is 0.0222. The van der Waals surface area contributed by atoms with Crippen molar-refractivity contribution in [3.63, 3.8) is 0 Å². The second-order valence-electron chi connectivity index (χ2n) is 11.6. The molecule has 0 radical (unpaired) electrons. The molecule has 6 nitrogen and oxygen atoms in total. The molecule has 1 saturated heterocycles. The summed E-state index contributed by atoms with van der Waals surface area (Å²) in [7, 11) is 2.17. The molecule has 1 amide bonds. The van der Waals surface area contributed by atoms with E-state index in [0.717, 1.165) is 45.6 Å². The van der Waals surface area contributed by atoms with Gasteiger partial charge in [0, 0.05) is 38.6 Å². The van der Waals surface area contributed by atoms with Crippen LogP contribution in [0, 0.1) is 17.3 Å². The Balaban J connectivity index is 1.90. The molecule has 0 spiro atoms. The third-order valence-electron chi connectivity index (χ3n) is 6.99. The van der Waals surface area contributed by atoms with Crippen molar-refractivity contribution in [2.45, 2.75) is 73.3 Å². The topological polar surface area (TPSA) is 48.1 Å². The van der Waals surface area contributed by atoms with Gasteiger partial charge in [0.1, 0.15) is 0 Å². The first-order valence-electron chi connectivity index (χ1n) is 13.7. The van der Waals surface area contributed by atoms with E-state index in [2.05, 4.69) is 87.1 Å². The van der Waals surface area contributed by atoms with Crippen molar-refractivity contribution < 1.29 is 9.53 Å². The first-order chi connectivity index (χ1) is 16.6. The molecular weight excluding hydrogens is 436 g/mol. The molecule has 3 atom stereocenters. The van der Waals surface area contributed by atoms with Gasteiger partial charge in [0.25, 0.3) is 0 Å². The van der Waals surface area contributed by atoms with Crippen LogP contribution in [0.2, 0.25) is 0 Å². The van der Waals surface area contributed by atoms with Gasteiger partial charge in [-0.25, -0.2) is 10.0 Å². The Kier molecular flexibility index (Phi) is 12.7. The average Bonchev–Trinajstić information content (AvgIpc) is 2.80. The zero-order valence-corrected chi connectivity index (χ0v) is 23.6.